The lowest BCUT2D eigenvalue weighted by Gasteiger charge is -2.14. The number of ether oxygens (including phenoxy) is 1. The van der Waals surface area contributed by atoms with Gasteiger partial charge in [0, 0.05) is 0 Å². The summed E-state index contributed by atoms with van der Waals surface area (Å²) in [5.74, 6) is -0.903. The van der Waals surface area contributed by atoms with E-state index in [1.165, 1.54) is 0 Å². The van der Waals surface area contributed by atoms with Crippen LogP contribution in [0.3, 0.4) is 0 Å². The Labute approximate surface area is 83.5 Å². The van der Waals surface area contributed by atoms with E-state index < -0.39 is 28.3 Å². The van der Waals surface area contributed by atoms with E-state index in [1.807, 2.05) is 0 Å². The van der Waals surface area contributed by atoms with Gasteiger partial charge < -0.3 is 4.74 Å². The molecule has 82 valence electrons. The molecule has 5 nitrogen and oxygen atoms in total. The van der Waals surface area contributed by atoms with Gasteiger partial charge in [-0.2, -0.15) is 8.42 Å². The van der Waals surface area contributed by atoms with E-state index in [1.54, 1.807) is 20.8 Å². The average molecular weight is 222 g/mol. The van der Waals surface area contributed by atoms with Crippen LogP contribution in [0.4, 0.5) is 0 Å². The highest BCUT2D eigenvalue weighted by Crippen LogP contribution is 2.20. The molecule has 2 unspecified atom stereocenters. The van der Waals surface area contributed by atoms with E-state index in [-0.39, 0.29) is 11.7 Å². The molecule has 1 fully saturated rings. The molecule has 1 aliphatic rings. The molecule has 0 aromatic rings. The van der Waals surface area contributed by atoms with Gasteiger partial charge in [0.1, 0.15) is 18.0 Å². The monoisotopic (exact) mass is 222 g/mol. The number of esters is 1. The fraction of sp³-hybridized carbons (Fsp3) is 0.875. The molecule has 0 radical (unpaired) electrons. The van der Waals surface area contributed by atoms with Crippen molar-refractivity contribution in [2.75, 3.05) is 5.75 Å². The molecule has 0 amide bonds. The zero-order valence-electron chi connectivity index (χ0n) is 8.39. The lowest BCUT2D eigenvalue weighted by atomic mass is 10.2. The molecule has 1 saturated heterocycles. The van der Waals surface area contributed by atoms with Crippen LogP contribution in [-0.4, -0.2) is 32.3 Å². The van der Waals surface area contributed by atoms with Gasteiger partial charge in [0.05, 0.1) is 5.92 Å². The predicted octanol–water partition coefficient (Wildman–Crippen LogP) is 0.303. The van der Waals surface area contributed by atoms with Gasteiger partial charge in [0.25, 0.3) is 10.1 Å². The molecule has 0 spiro atoms. The van der Waals surface area contributed by atoms with Crippen LogP contribution in [0.15, 0.2) is 0 Å². The van der Waals surface area contributed by atoms with Crippen LogP contribution in [0.2, 0.25) is 0 Å². The average Bonchev–Trinajstić information content (AvgIpc) is 2.24. The lowest BCUT2D eigenvalue weighted by Crippen LogP contribution is -2.29. The van der Waals surface area contributed by atoms with Crippen molar-refractivity contribution in [2.24, 2.45) is 5.92 Å². The second kappa shape index (κ2) is 3.86. The van der Waals surface area contributed by atoms with E-state index in [4.69, 9.17) is 4.74 Å². The molecule has 0 saturated carbocycles. The molecule has 1 heterocycles. The maximum absolute atomic E-state index is 11.2. The Bertz CT molecular complexity index is 319. The van der Waals surface area contributed by atoms with Gasteiger partial charge >= 0.3 is 5.97 Å². The summed E-state index contributed by atoms with van der Waals surface area (Å²) in [4.78, 5) is 11.2. The van der Waals surface area contributed by atoms with Gasteiger partial charge in [-0.25, -0.2) is 0 Å². The number of carbonyl (C=O) groups is 1. The molecule has 1 aliphatic heterocycles. The van der Waals surface area contributed by atoms with E-state index in [0.29, 0.717) is 0 Å². The van der Waals surface area contributed by atoms with Crippen molar-refractivity contribution >= 4 is 16.1 Å². The van der Waals surface area contributed by atoms with Gasteiger partial charge in [0.2, 0.25) is 0 Å². The van der Waals surface area contributed by atoms with Crippen molar-refractivity contribution in [1.82, 2.24) is 0 Å². The molecular formula is C8H14O5S. The Kier molecular flexibility index (Phi) is 3.16. The summed E-state index contributed by atoms with van der Waals surface area (Å²) in [6, 6.07) is 0. The second-order valence-corrected chi connectivity index (χ2v) is 5.30. The Morgan fingerprint density at radius 3 is 2.43 bits per heavy atom. The first-order valence-corrected chi connectivity index (χ1v) is 6.01. The normalized spacial score (nSPS) is 30.6. The van der Waals surface area contributed by atoms with Crippen LogP contribution >= 0.6 is 0 Å². The van der Waals surface area contributed by atoms with Crippen LogP contribution in [0.1, 0.15) is 20.8 Å². The Balaban J connectivity index is 2.60. The van der Waals surface area contributed by atoms with E-state index in [2.05, 4.69) is 4.18 Å². The van der Waals surface area contributed by atoms with Crippen molar-refractivity contribution in [3.8, 4) is 0 Å². The summed E-state index contributed by atoms with van der Waals surface area (Å²) in [7, 11) is -3.49. The molecule has 6 heteroatoms. The maximum Gasteiger partial charge on any atom is 0.308 e. The van der Waals surface area contributed by atoms with Crippen molar-refractivity contribution in [2.45, 2.75) is 33.0 Å². The molecule has 0 aliphatic carbocycles. The smallest absolute Gasteiger partial charge is 0.308 e. The van der Waals surface area contributed by atoms with Gasteiger partial charge in [0.15, 0.2) is 0 Å². The van der Waals surface area contributed by atoms with Crippen LogP contribution in [0.25, 0.3) is 0 Å². The Morgan fingerprint density at radius 1 is 1.50 bits per heavy atom. The summed E-state index contributed by atoms with van der Waals surface area (Å²) < 4.78 is 31.6. The van der Waals surface area contributed by atoms with E-state index in [0.717, 1.165) is 0 Å². The molecule has 0 aromatic carbocycles. The van der Waals surface area contributed by atoms with Gasteiger partial charge in [-0.05, 0) is 6.92 Å². The topological polar surface area (TPSA) is 69.7 Å². The maximum atomic E-state index is 11.2. The molecule has 14 heavy (non-hydrogen) atoms. The molecular weight excluding hydrogens is 208 g/mol. The number of rotatable bonds is 2. The van der Waals surface area contributed by atoms with Gasteiger partial charge in [-0.3, -0.25) is 8.98 Å². The third-order valence-corrected chi connectivity index (χ3v) is 3.26. The third kappa shape index (κ3) is 2.68. The quantitative estimate of drug-likeness (QED) is 0.496. The van der Waals surface area contributed by atoms with Gasteiger partial charge in [-0.1, -0.05) is 13.8 Å². The van der Waals surface area contributed by atoms with E-state index >= 15 is 0 Å². The zero-order chi connectivity index (χ0) is 10.9. The molecule has 0 bridgehead atoms. The number of carbonyl (C=O) groups excluding carboxylic acids is 1. The SMILES string of the molecule is CC(C)C(=O)OC1CS(=O)(=O)OC1C. The lowest BCUT2D eigenvalue weighted by molar-refractivity contribution is -0.154. The van der Waals surface area contributed by atoms with Crippen LogP contribution in [-0.2, 0) is 23.8 Å². The van der Waals surface area contributed by atoms with E-state index in [9.17, 15) is 13.2 Å². The zero-order valence-corrected chi connectivity index (χ0v) is 9.21. The largest absolute Gasteiger partial charge is 0.458 e. The summed E-state index contributed by atoms with van der Waals surface area (Å²) >= 11 is 0. The third-order valence-electron chi connectivity index (χ3n) is 1.93. The fourth-order valence-corrected chi connectivity index (χ4v) is 2.49. The highest BCUT2D eigenvalue weighted by atomic mass is 32.2. The van der Waals surface area contributed by atoms with Gasteiger partial charge in [-0.15, -0.1) is 0 Å². The first-order chi connectivity index (χ1) is 6.32. The molecule has 1 rings (SSSR count). The summed E-state index contributed by atoms with van der Waals surface area (Å²) in [5, 5.41) is 0. The van der Waals surface area contributed by atoms with Crippen molar-refractivity contribution in [3.63, 3.8) is 0 Å². The molecule has 0 N–H and O–H groups in total. The van der Waals surface area contributed by atoms with Crippen molar-refractivity contribution < 1.29 is 22.1 Å². The first-order valence-electron chi connectivity index (χ1n) is 4.43. The van der Waals surface area contributed by atoms with Crippen LogP contribution in [0.5, 0.6) is 0 Å². The summed E-state index contributed by atoms with van der Waals surface area (Å²) in [6.45, 7) is 4.96. The minimum Gasteiger partial charge on any atom is -0.458 e. The first kappa shape index (κ1) is 11.5. The predicted molar refractivity (Wildman–Crippen MR) is 49.1 cm³/mol. The highest BCUT2D eigenvalue weighted by Gasteiger charge is 2.38. The van der Waals surface area contributed by atoms with Crippen LogP contribution in [0, 0.1) is 5.92 Å². The second-order valence-electron chi connectivity index (χ2n) is 3.66. The molecule has 2 atom stereocenters. The number of hydrogen-bond acceptors (Lipinski definition) is 5. The standard InChI is InChI=1S/C8H14O5S/c1-5(2)8(9)12-7-4-14(10,11)13-6(7)3/h5-7H,4H2,1-3H3. The number of hydrogen-bond donors (Lipinski definition) is 0. The van der Waals surface area contributed by atoms with Crippen LogP contribution < -0.4 is 0 Å². The summed E-state index contributed by atoms with van der Waals surface area (Å²) in [5.41, 5.74) is 0. The highest BCUT2D eigenvalue weighted by molar-refractivity contribution is 7.87. The molecule has 0 aromatic heterocycles. The minimum atomic E-state index is -3.49. The fourth-order valence-electron chi connectivity index (χ4n) is 1.08. The van der Waals surface area contributed by atoms with Crippen molar-refractivity contribution in [1.29, 1.82) is 0 Å². The Hall–Kier alpha value is -0.620. The minimum absolute atomic E-state index is 0.243. The Morgan fingerprint density at radius 2 is 2.07 bits per heavy atom. The van der Waals surface area contributed by atoms with Crippen molar-refractivity contribution in [3.05, 3.63) is 0 Å². The summed E-state index contributed by atoms with van der Waals surface area (Å²) in [6.07, 6.45) is -1.25.